The molecule has 3 aromatic carbocycles. The van der Waals surface area contributed by atoms with Gasteiger partial charge in [-0.1, -0.05) is 18.2 Å². The van der Waals surface area contributed by atoms with Crippen molar-refractivity contribution < 1.29 is 21.8 Å². The molecular weight excluding hydrogens is 442 g/mol. The van der Waals surface area contributed by atoms with Gasteiger partial charge >= 0.3 is 0 Å². The zero-order valence-corrected chi connectivity index (χ0v) is 18.2. The van der Waals surface area contributed by atoms with Crippen LogP contribution in [0.15, 0.2) is 76.5 Å². The molecule has 11 heteroatoms. The maximum atomic E-state index is 12.6. The highest BCUT2D eigenvalue weighted by atomic mass is 32.2. The molecule has 0 amide bonds. The normalized spacial score (nSPS) is 11.7. The first kappa shape index (κ1) is 22.2. The molecule has 3 rings (SSSR count). The lowest BCUT2D eigenvalue weighted by Gasteiger charge is -2.11. The number of sulfonamides is 2. The number of nitro benzene ring substituents is 1. The predicted octanol–water partition coefficient (Wildman–Crippen LogP) is 3.81. The summed E-state index contributed by atoms with van der Waals surface area (Å²) in [4.78, 5) is 10.1. The zero-order valence-electron chi connectivity index (χ0n) is 16.6. The molecule has 9 nitrogen and oxygen atoms in total. The SMILES string of the molecule is Cc1cccc(NS(=O)(=O)c2ccc(NS(=O)(=O)c3ccc(C)c([N+](=O)[O-])c3)cc2)c1. The maximum Gasteiger partial charge on any atom is 0.273 e. The van der Waals surface area contributed by atoms with Crippen LogP contribution in [-0.4, -0.2) is 21.8 Å². The number of rotatable bonds is 7. The van der Waals surface area contributed by atoms with Crippen LogP contribution in [-0.2, 0) is 20.0 Å². The number of anilines is 2. The topological polar surface area (TPSA) is 135 Å². The Labute approximate surface area is 180 Å². The van der Waals surface area contributed by atoms with E-state index in [1.165, 1.54) is 43.3 Å². The first-order valence-corrected chi connectivity index (χ1v) is 11.9. The number of nitrogens with zero attached hydrogens (tertiary/aromatic N) is 1. The molecule has 0 spiro atoms. The summed E-state index contributed by atoms with van der Waals surface area (Å²) in [7, 11) is -7.97. The van der Waals surface area contributed by atoms with E-state index in [0.717, 1.165) is 11.6 Å². The molecular formula is C20H19N3O6S2. The smallest absolute Gasteiger partial charge is 0.273 e. The van der Waals surface area contributed by atoms with E-state index in [2.05, 4.69) is 9.44 Å². The Morgan fingerprint density at radius 1 is 0.742 bits per heavy atom. The van der Waals surface area contributed by atoms with Gasteiger partial charge in [-0.25, -0.2) is 16.8 Å². The van der Waals surface area contributed by atoms with Crippen molar-refractivity contribution in [1.29, 1.82) is 0 Å². The zero-order chi connectivity index (χ0) is 22.8. The van der Waals surface area contributed by atoms with Gasteiger partial charge in [0.1, 0.15) is 0 Å². The van der Waals surface area contributed by atoms with Crippen molar-refractivity contribution in [2.24, 2.45) is 0 Å². The molecule has 0 fully saturated rings. The molecule has 31 heavy (non-hydrogen) atoms. The molecule has 0 saturated heterocycles. The number of nitro groups is 1. The molecule has 162 valence electrons. The second-order valence-electron chi connectivity index (χ2n) is 6.81. The van der Waals surface area contributed by atoms with E-state index in [1.54, 1.807) is 18.2 Å². The summed E-state index contributed by atoms with van der Waals surface area (Å²) < 4.78 is 55.0. The van der Waals surface area contributed by atoms with Gasteiger partial charge in [-0.2, -0.15) is 0 Å². The summed E-state index contributed by atoms with van der Waals surface area (Å²) in [5.41, 5.74) is 1.43. The minimum atomic E-state index is -4.11. The third-order valence-corrected chi connectivity index (χ3v) is 7.15. The molecule has 2 N–H and O–H groups in total. The Bertz CT molecular complexity index is 1350. The Morgan fingerprint density at radius 2 is 1.32 bits per heavy atom. The Balaban J connectivity index is 1.81. The third kappa shape index (κ3) is 5.19. The lowest BCUT2D eigenvalue weighted by atomic mass is 10.2. The molecule has 0 aliphatic carbocycles. The van der Waals surface area contributed by atoms with Gasteiger partial charge in [0, 0.05) is 23.0 Å². The fraction of sp³-hybridized carbons (Fsp3) is 0.100. The molecule has 0 unspecified atom stereocenters. The van der Waals surface area contributed by atoms with E-state index in [0.29, 0.717) is 11.3 Å². The van der Waals surface area contributed by atoms with Crippen LogP contribution < -0.4 is 9.44 Å². The molecule has 0 radical (unpaired) electrons. The summed E-state index contributed by atoms with van der Waals surface area (Å²) in [6, 6.07) is 15.5. The minimum absolute atomic E-state index is 0.0528. The highest BCUT2D eigenvalue weighted by Crippen LogP contribution is 2.25. The van der Waals surface area contributed by atoms with Crippen molar-refractivity contribution in [3.8, 4) is 0 Å². The second kappa shape index (κ2) is 8.36. The lowest BCUT2D eigenvalue weighted by Crippen LogP contribution is -2.15. The van der Waals surface area contributed by atoms with E-state index in [9.17, 15) is 26.9 Å². The Morgan fingerprint density at radius 3 is 1.94 bits per heavy atom. The molecule has 0 aliphatic rings. The average Bonchev–Trinajstić information content (AvgIpc) is 2.67. The van der Waals surface area contributed by atoms with Gasteiger partial charge in [0.05, 0.1) is 14.7 Å². The van der Waals surface area contributed by atoms with Crippen LogP contribution in [0, 0.1) is 24.0 Å². The monoisotopic (exact) mass is 461 g/mol. The van der Waals surface area contributed by atoms with Crippen molar-refractivity contribution >= 4 is 37.1 Å². The standard InChI is InChI=1S/C20H19N3O6S2/c1-14-4-3-5-17(12-14)22-30(26,27)18-10-7-16(8-11-18)21-31(28,29)19-9-6-15(2)20(13-19)23(24)25/h3-13,21-22H,1-2H3. The van der Waals surface area contributed by atoms with Gasteiger partial charge in [0.2, 0.25) is 0 Å². The van der Waals surface area contributed by atoms with Crippen molar-refractivity contribution in [3.05, 3.63) is 88.0 Å². The van der Waals surface area contributed by atoms with Gasteiger partial charge in [0.25, 0.3) is 25.7 Å². The molecule has 0 atom stereocenters. The molecule has 0 bridgehead atoms. The largest absolute Gasteiger partial charge is 0.280 e. The van der Waals surface area contributed by atoms with E-state index in [1.807, 2.05) is 13.0 Å². The minimum Gasteiger partial charge on any atom is -0.280 e. The predicted molar refractivity (Wildman–Crippen MR) is 117 cm³/mol. The molecule has 0 heterocycles. The highest BCUT2D eigenvalue weighted by molar-refractivity contribution is 7.93. The molecule has 0 aromatic heterocycles. The van der Waals surface area contributed by atoms with Crippen LogP contribution >= 0.6 is 0 Å². The maximum absolute atomic E-state index is 12.6. The molecule has 0 saturated carbocycles. The number of hydrogen-bond donors (Lipinski definition) is 2. The Kier molecular flexibility index (Phi) is 6.00. The first-order chi connectivity index (χ1) is 14.5. The van der Waals surface area contributed by atoms with Gasteiger partial charge < -0.3 is 0 Å². The van der Waals surface area contributed by atoms with Crippen molar-refractivity contribution in [2.45, 2.75) is 23.6 Å². The quantitative estimate of drug-likeness (QED) is 0.406. The van der Waals surface area contributed by atoms with E-state index >= 15 is 0 Å². The van der Waals surface area contributed by atoms with Gasteiger partial charge in [-0.3, -0.25) is 19.6 Å². The average molecular weight is 462 g/mol. The number of nitrogens with one attached hydrogen (secondary N) is 2. The van der Waals surface area contributed by atoms with E-state index in [-0.39, 0.29) is 21.2 Å². The summed E-state index contributed by atoms with van der Waals surface area (Å²) >= 11 is 0. The van der Waals surface area contributed by atoms with Crippen LogP contribution in [0.5, 0.6) is 0 Å². The fourth-order valence-corrected chi connectivity index (χ4v) is 4.92. The Hall–Kier alpha value is -3.44. The van der Waals surface area contributed by atoms with Crippen LogP contribution in [0.4, 0.5) is 17.1 Å². The van der Waals surface area contributed by atoms with Crippen LogP contribution in [0.1, 0.15) is 11.1 Å². The summed E-state index contributed by atoms with van der Waals surface area (Å²) in [6.07, 6.45) is 0. The summed E-state index contributed by atoms with van der Waals surface area (Å²) in [6.45, 7) is 3.34. The van der Waals surface area contributed by atoms with Gasteiger partial charge in [-0.15, -0.1) is 0 Å². The highest BCUT2D eigenvalue weighted by Gasteiger charge is 2.20. The third-order valence-electron chi connectivity index (χ3n) is 4.37. The molecule has 0 aliphatic heterocycles. The molecule has 3 aromatic rings. The van der Waals surface area contributed by atoms with Gasteiger partial charge in [-0.05, 0) is 61.9 Å². The van der Waals surface area contributed by atoms with Crippen LogP contribution in [0.3, 0.4) is 0 Å². The van der Waals surface area contributed by atoms with E-state index in [4.69, 9.17) is 0 Å². The van der Waals surface area contributed by atoms with Crippen molar-refractivity contribution in [1.82, 2.24) is 0 Å². The lowest BCUT2D eigenvalue weighted by molar-refractivity contribution is -0.385. The number of benzene rings is 3. The van der Waals surface area contributed by atoms with Gasteiger partial charge in [0.15, 0.2) is 0 Å². The van der Waals surface area contributed by atoms with Crippen LogP contribution in [0.25, 0.3) is 0 Å². The fourth-order valence-electron chi connectivity index (χ4n) is 2.79. The number of hydrogen-bond acceptors (Lipinski definition) is 6. The van der Waals surface area contributed by atoms with Crippen molar-refractivity contribution in [3.63, 3.8) is 0 Å². The van der Waals surface area contributed by atoms with E-state index < -0.39 is 25.0 Å². The van der Waals surface area contributed by atoms with Crippen molar-refractivity contribution in [2.75, 3.05) is 9.44 Å². The summed E-state index contributed by atoms with van der Waals surface area (Å²) in [5, 5.41) is 11.1. The summed E-state index contributed by atoms with van der Waals surface area (Å²) in [5.74, 6) is 0. The van der Waals surface area contributed by atoms with Crippen LogP contribution in [0.2, 0.25) is 0 Å². The first-order valence-electron chi connectivity index (χ1n) is 8.95. The number of aryl methyl sites for hydroxylation is 2. The second-order valence-corrected chi connectivity index (χ2v) is 10.2.